The van der Waals surface area contributed by atoms with Crippen LogP contribution >= 0.6 is 0 Å². The van der Waals surface area contributed by atoms with Crippen molar-refractivity contribution >= 4 is 11.9 Å². The number of aliphatic imine (C=N–C) groups is 1. The molecular formula is C14H18N2. The van der Waals surface area contributed by atoms with Gasteiger partial charge in [-0.05, 0) is 38.0 Å². The Morgan fingerprint density at radius 1 is 1.31 bits per heavy atom. The first kappa shape index (κ1) is 10.9. The van der Waals surface area contributed by atoms with Crippen molar-refractivity contribution in [1.82, 2.24) is 4.90 Å². The summed E-state index contributed by atoms with van der Waals surface area (Å²) in [5, 5.41) is 0. The summed E-state index contributed by atoms with van der Waals surface area (Å²) in [5.41, 5.74) is 2.43. The van der Waals surface area contributed by atoms with Crippen molar-refractivity contribution in [2.75, 3.05) is 13.1 Å². The van der Waals surface area contributed by atoms with Gasteiger partial charge in [0.05, 0.1) is 5.69 Å². The molecule has 0 spiro atoms. The number of likely N-dealkylation sites (tertiary alicyclic amines) is 1. The van der Waals surface area contributed by atoms with Crippen molar-refractivity contribution in [2.24, 2.45) is 4.99 Å². The van der Waals surface area contributed by atoms with Crippen molar-refractivity contribution in [3.05, 3.63) is 42.1 Å². The minimum Gasteiger partial charge on any atom is -0.375 e. The highest BCUT2D eigenvalue weighted by Gasteiger charge is 2.13. The minimum atomic E-state index is 1.01. The first-order valence-corrected chi connectivity index (χ1v) is 5.93. The molecule has 0 bridgehead atoms. The van der Waals surface area contributed by atoms with Gasteiger partial charge < -0.3 is 4.90 Å². The second-order valence-corrected chi connectivity index (χ2v) is 3.95. The summed E-state index contributed by atoms with van der Waals surface area (Å²) < 4.78 is 0. The van der Waals surface area contributed by atoms with E-state index >= 15 is 0 Å². The maximum atomic E-state index is 4.41. The molecule has 16 heavy (non-hydrogen) atoms. The standard InChI is InChI=1S/C14H18N2/c1-2-16-12-6-9-14(16)10-11-15-13-7-4-3-5-8-13/h3-5,7-8,10-11H,2,6,9,12H2,1H3. The lowest BCUT2D eigenvalue weighted by Crippen LogP contribution is -2.16. The molecule has 0 aliphatic carbocycles. The van der Waals surface area contributed by atoms with Crippen molar-refractivity contribution in [3.8, 4) is 0 Å². The van der Waals surface area contributed by atoms with Gasteiger partial charge in [0, 0.05) is 25.0 Å². The summed E-state index contributed by atoms with van der Waals surface area (Å²) in [6.45, 7) is 4.50. The normalized spacial score (nSPS) is 18.8. The van der Waals surface area contributed by atoms with E-state index in [1.54, 1.807) is 0 Å². The van der Waals surface area contributed by atoms with Crippen molar-refractivity contribution in [3.63, 3.8) is 0 Å². The molecular weight excluding hydrogens is 196 g/mol. The zero-order chi connectivity index (χ0) is 11.2. The van der Waals surface area contributed by atoms with Gasteiger partial charge >= 0.3 is 0 Å². The Balaban J connectivity index is 2.00. The molecule has 0 radical (unpaired) electrons. The zero-order valence-corrected chi connectivity index (χ0v) is 9.76. The Kier molecular flexibility index (Phi) is 3.76. The van der Waals surface area contributed by atoms with E-state index in [9.17, 15) is 0 Å². The van der Waals surface area contributed by atoms with Crippen LogP contribution in [0.3, 0.4) is 0 Å². The molecule has 1 aromatic rings. The van der Waals surface area contributed by atoms with E-state index in [1.807, 2.05) is 36.5 Å². The molecule has 1 heterocycles. The number of hydrogen-bond donors (Lipinski definition) is 0. The van der Waals surface area contributed by atoms with E-state index in [1.165, 1.54) is 25.1 Å². The maximum absolute atomic E-state index is 4.41. The Morgan fingerprint density at radius 3 is 2.88 bits per heavy atom. The average Bonchev–Trinajstić information content (AvgIpc) is 2.78. The maximum Gasteiger partial charge on any atom is 0.0629 e. The fourth-order valence-corrected chi connectivity index (χ4v) is 2.03. The lowest BCUT2D eigenvalue weighted by molar-refractivity contribution is 0.416. The molecule has 0 atom stereocenters. The molecule has 0 saturated carbocycles. The molecule has 1 aliphatic heterocycles. The van der Waals surface area contributed by atoms with E-state index in [2.05, 4.69) is 22.9 Å². The van der Waals surface area contributed by atoms with Crippen LogP contribution < -0.4 is 0 Å². The fraction of sp³-hybridized carbons (Fsp3) is 0.357. The summed E-state index contributed by atoms with van der Waals surface area (Å²) in [7, 11) is 0. The monoisotopic (exact) mass is 214 g/mol. The van der Waals surface area contributed by atoms with E-state index in [-0.39, 0.29) is 0 Å². The molecule has 0 N–H and O–H groups in total. The fourth-order valence-electron chi connectivity index (χ4n) is 2.03. The van der Waals surface area contributed by atoms with Gasteiger partial charge in [-0.1, -0.05) is 18.2 Å². The largest absolute Gasteiger partial charge is 0.375 e. The van der Waals surface area contributed by atoms with Gasteiger partial charge in [0.2, 0.25) is 0 Å². The van der Waals surface area contributed by atoms with Gasteiger partial charge in [0.15, 0.2) is 0 Å². The predicted molar refractivity (Wildman–Crippen MR) is 69.2 cm³/mol. The van der Waals surface area contributed by atoms with Crippen LogP contribution in [0.5, 0.6) is 0 Å². The molecule has 0 amide bonds. The van der Waals surface area contributed by atoms with Gasteiger partial charge in [-0.2, -0.15) is 0 Å². The number of hydrogen-bond acceptors (Lipinski definition) is 2. The van der Waals surface area contributed by atoms with Crippen LogP contribution in [-0.4, -0.2) is 24.2 Å². The molecule has 1 saturated heterocycles. The second-order valence-electron chi connectivity index (χ2n) is 3.95. The van der Waals surface area contributed by atoms with Crippen LogP contribution in [-0.2, 0) is 0 Å². The SMILES string of the molecule is CCN1CCCC1=CC=Nc1ccccc1. The molecule has 1 fully saturated rings. The predicted octanol–water partition coefficient (Wildman–Crippen LogP) is 3.39. The summed E-state index contributed by atoms with van der Waals surface area (Å²) >= 11 is 0. The molecule has 2 nitrogen and oxygen atoms in total. The van der Waals surface area contributed by atoms with Gasteiger partial charge in [0.1, 0.15) is 0 Å². The van der Waals surface area contributed by atoms with Crippen LogP contribution in [0.1, 0.15) is 19.8 Å². The molecule has 0 unspecified atom stereocenters. The Bertz CT molecular complexity index is 379. The number of para-hydroxylation sites is 1. The van der Waals surface area contributed by atoms with Crippen LogP contribution in [0.2, 0.25) is 0 Å². The average molecular weight is 214 g/mol. The lowest BCUT2D eigenvalue weighted by atomic mass is 10.3. The second kappa shape index (κ2) is 5.50. The van der Waals surface area contributed by atoms with Crippen molar-refractivity contribution in [1.29, 1.82) is 0 Å². The first-order valence-electron chi connectivity index (χ1n) is 5.93. The van der Waals surface area contributed by atoms with Crippen LogP contribution in [0, 0.1) is 0 Å². The number of allylic oxidation sites excluding steroid dienone is 2. The highest BCUT2D eigenvalue weighted by atomic mass is 15.1. The third-order valence-electron chi connectivity index (χ3n) is 2.90. The molecule has 0 aromatic heterocycles. The van der Waals surface area contributed by atoms with E-state index in [0.29, 0.717) is 0 Å². The molecule has 2 rings (SSSR count). The molecule has 1 aliphatic rings. The topological polar surface area (TPSA) is 15.6 Å². The van der Waals surface area contributed by atoms with Crippen molar-refractivity contribution < 1.29 is 0 Å². The molecule has 2 heteroatoms. The minimum absolute atomic E-state index is 1.01. The zero-order valence-electron chi connectivity index (χ0n) is 9.76. The van der Waals surface area contributed by atoms with Gasteiger partial charge in [-0.15, -0.1) is 0 Å². The summed E-state index contributed by atoms with van der Waals surface area (Å²) in [5.74, 6) is 0. The third kappa shape index (κ3) is 2.72. The first-order chi connectivity index (χ1) is 7.90. The number of nitrogens with zero attached hydrogens (tertiary/aromatic N) is 2. The number of rotatable bonds is 3. The summed E-state index contributed by atoms with van der Waals surface area (Å²) in [4.78, 5) is 6.82. The van der Waals surface area contributed by atoms with Gasteiger partial charge in [-0.25, -0.2) is 0 Å². The molecule has 1 aromatic carbocycles. The Hall–Kier alpha value is -1.57. The highest BCUT2D eigenvalue weighted by molar-refractivity contribution is 5.75. The van der Waals surface area contributed by atoms with Crippen LogP contribution in [0.4, 0.5) is 5.69 Å². The van der Waals surface area contributed by atoms with Crippen LogP contribution in [0.25, 0.3) is 0 Å². The number of benzene rings is 1. The van der Waals surface area contributed by atoms with E-state index in [4.69, 9.17) is 0 Å². The van der Waals surface area contributed by atoms with Crippen molar-refractivity contribution in [2.45, 2.75) is 19.8 Å². The third-order valence-corrected chi connectivity index (χ3v) is 2.90. The Morgan fingerprint density at radius 2 is 2.12 bits per heavy atom. The quantitative estimate of drug-likeness (QED) is 0.704. The lowest BCUT2D eigenvalue weighted by Gasteiger charge is -2.16. The summed E-state index contributed by atoms with van der Waals surface area (Å²) in [6, 6.07) is 10.1. The van der Waals surface area contributed by atoms with Gasteiger partial charge in [0.25, 0.3) is 0 Å². The van der Waals surface area contributed by atoms with E-state index < -0.39 is 0 Å². The van der Waals surface area contributed by atoms with Gasteiger partial charge in [-0.3, -0.25) is 4.99 Å². The smallest absolute Gasteiger partial charge is 0.0629 e. The Labute approximate surface area is 97.3 Å². The molecule has 84 valence electrons. The highest BCUT2D eigenvalue weighted by Crippen LogP contribution is 2.19. The van der Waals surface area contributed by atoms with E-state index in [0.717, 1.165) is 12.2 Å². The van der Waals surface area contributed by atoms with Crippen LogP contribution in [0.15, 0.2) is 47.1 Å². The summed E-state index contributed by atoms with van der Waals surface area (Å²) in [6.07, 6.45) is 6.52.